The standard InChI is InChI=1S/C56H90N8O15/c1-14-39-56(9,71)46(67)31(5)63(12)25-34-23-54(7,70)48(29(3)44(30(4)51(69)76-39)78-42-24-55(8,72-13)47(68)32(6)75-42)79-52-45(38(62(10)11)20-28(2)74-52)77-41(66)17-15-16-40(65)73-26-33-21-36(34)37(22-33)64-27-58-43-49(59-35-18-19-35)60-53(57)61-50(43)64/h21,27-35,37-39,42,44-48,52,67-68,70-71H,14-20,22-26H2,1-13H3,(H3,57,59,60,61)/t28-,29+,30-,31-,32+,33-,34-,37-,38?,39-,42+,44+,45-,46-,47+,48-,52+,54-,55-,56-/m1/s1. The van der Waals surface area contributed by atoms with Gasteiger partial charge in [-0.2, -0.15) is 9.97 Å². The van der Waals surface area contributed by atoms with Gasteiger partial charge in [0.05, 0.1) is 66.6 Å². The fourth-order valence-corrected chi connectivity index (χ4v) is 12.9. The molecule has 0 spiro atoms. The highest BCUT2D eigenvalue weighted by Crippen LogP contribution is 2.47. The number of carbonyl (C=O) groups is 3. The third-order valence-electron chi connectivity index (χ3n) is 18.0. The number of fused-ring (bicyclic) bond motifs is 7. The average molecular weight is 1120 g/mol. The first kappa shape index (κ1) is 60.9. The fourth-order valence-electron chi connectivity index (χ4n) is 12.9. The van der Waals surface area contributed by atoms with Gasteiger partial charge in [-0.3, -0.25) is 14.4 Å². The van der Waals surface area contributed by atoms with Crippen molar-refractivity contribution in [2.45, 2.75) is 229 Å². The summed E-state index contributed by atoms with van der Waals surface area (Å²) in [6.45, 7) is 15.7. The Bertz CT molecular complexity index is 2490. The Kier molecular flexibility index (Phi) is 18.8. The molecule has 4 aliphatic heterocycles. The van der Waals surface area contributed by atoms with E-state index in [0.29, 0.717) is 29.8 Å². The maximum absolute atomic E-state index is 14.9. The Morgan fingerprint density at radius 1 is 0.937 bits per heavy atom. The molecule has 7 N–H and O–H groups in total. The summed E-state index contributed by atoms with van der Waals surface area (Å²) in [5, 5.41) is 53.4. The lowest BCUT2D eigenvalue weighted by Crippen LogP contribution is -2.61. The summed E-state index contributed by atoms with van der Waals surface area (Å²) in [4.78, 5) is 60.3. The van der Waals surface area contributed by atoms with Crippen LogP contribution in [0.4, 0.5) is 11.8 Å². The molecule has 2 aliphatic carbocycles. The van der Waals surface area contributed by atoms with Gasteiger partial charge in [-0.1, -0.05) is 19.9 Å². The molecule has 6 aliphatic rings. The molecular weight excluding hydrogens is 1020 g/mol. The summed E-state index contributed by atoms with van der Waals surface area (Å²) >= 11 is 0. The van der Waals surface area contributed by atoms with Gasteiger partial charge < -0.3 is 83.7 Å². The molecule has 0 amide bonds. The van der Waals surface area contributed by atoms with Crippen molar-refractivity contribution in [3.8, 4) is 0 Å². The molecule has 1 saturated carbocycles. The van der Waals surface area contributed by atoms with E-state index >= 15 is 0 Å². The first-order valence-corrected chi connectivity index (χ1v) is 28.5. The summed E-state index contributed by atoms with van der Waals surface area (Å²) in [7, 11) is 7.07. The number of likely N-dealkylation sites (N-methyl/N-ethyl adjacent to an activating group) is 2. The second-order valence-corrected chi connectivity index (χ2v) is 24.6. The zero-order valence-corrected chi connectivity index (χ0v) is 48.6. The number of ether oxygens (including phenoxy) is 8. The van der Waals surface area contributed by atoms with Crippen LogP contribution in [0.1, 0.15) is 133 Å². The van der Waals surface area contributed by atoms with E-state index in [4.69, 9.17) is 53.6 Å². The van der Waals surface area contributed by atoms with Crippen molar-refractivity contribution in [2.75, 3.05) is 52.5 Å². The number of hydrogen-bond acceptors (Lipinski definition) is 22. The van der Waals surface area contributed by atoms with Gasteiger partial charge in [0.1, 0.15) is 23.9 Å². The minimum absolute atomic E-state index is 0.00928. The number of cyclic esters (lactones) is 2. The Morgan fingerprint density at radius 2 is 1.65 bits per heavy atom. The van der Waals surface area contributed by atoms with Crippen molar-refractivity contribution in [1.29, 1.82) is 0 Å². The predicted octanol–water partition coefficient (Wildman–Crippen LogP) is 3.64. The van der Waals surface area contributed by atoms with E-state index in [1.807, 2.05) is 49.4 Å². The number of nitrogens with two attached hydrogens (primary N) is 1. The Labute approximate surface area is 464 Å². The number of esters is 3. The number of hydrogen-bond donors (Lipinski definition) is 6. The maximum atomic E-state index is 14.9. The van der Waals surface area contributed by atoms with E-state index in [9.17, 15) is 34.8 Å². The van der Waals surface area contributed by atoms with Gasteiger partial charge in [-0.25, -0.2) is 4.98 Å². The summed E-state index contributed by atoms with van der Waals surface area (Å²) in [6.07, 6.45) is -4.03. The Hall–Kier alpha value is -4.14. The number of aromatic nitrogens is 4. The highest BCUT2D eigenvalue weighted by Gasteiger charge is 2.54. The summed E-state index contributed by atoms with van der Waals surface area (Å²) in [6, 6.07) is -1.47. The zero-order valence-electron chi connectivity index (χ0n) is 48.6. The molecule has 23 heteroatoms. The number of nitrogens with zero attached hydrogens (tertiary/aromatic N) is 6. The summed E-state index contributed by atoms with van der Waals surface area (Å²) in [5.41, 5.74) is 3.26. The molecule has 79 heavy (non-hydrogen) atoms. The monoisotopic (exact) mass is 1110 g/mol. The molecule has 1 unspecified atom stereocenters. The molecule has 20 atom stereocenters. The number of imidazole rings is 1. The number of rotatable bonds is 8. The molecule has 444 valence electrons. The fraction of sp³-hybridized carbons (Fsp3) is 0.821. The molecule has 2 aromatic rings. The van der Waals surface area contributed by atoms with Crippen molar-refractivity contribution >= 4 is 40.8 Å². The van der Waals surface area contributed by atoms with E-state index in [2.05, 4.69) is 16.4 Å². The first-order valence-electron chi connectivity index (χ1n) is 28.5. The maximum Gasteiger partial charge on any atom is 0.311 e. The number of nitrogens with one attached hydrogen (secondary N) is 1. The number of nitrogen functional groups attached to an aromatic ring is 1. The third kappa shape index (κ3) is 13.2. The minimum Gasteiger partial charge on any atom is -0.465 e. The van der Waals surface area contributed by atoms with Crippen molar-refractivity contribution in [3.63, 3.8) is 0 Å². The van der Waals surface area contributed by atoms with Gasteiger partial charge >= 0.3 is 17.9 Å². The number of aliphatic hydroxyl groups is 4. The minimum atomic E-state index is -1.98. The Morgan fingerprint density at radius 3 is 2.32 bits per heavy atom. The van der Waals surface area contributed by atoms with Crippen molar-refractivity contribution in [2.24, 2.45) is 23.7 Å². The van der Waals surface area contributed by atoms with Crippen LogP contribution in [0.25, 0.3) is 11.2 Å². The molecule has 8 rings (SSSR count). The van der Waals surface area contributed by atoms with E-state index in [1.54, 1.807) is 47.9 Å². The molecule has 4 fully saturated rings. The zero-order chi connectivity index (χ0) is 57.6. The third-order valence-corrected chi connectivity index (χ3v) is 18.0. The molecule has 6 heterocycles. The number of anilines is 2. The lowest BCUT2D eigenvalue weighted by Gasteiger charge is -2.49. The van der Waals surface area contributed by atoms with Gasteiger partial charge in [0.25, 0.3) is 0 Å². The van der Waals surface area contributed by atoms with Gasteiger partial charge in [0.15, 0.2) is 35.7 Å². The van der Waals surface area contributed by atoms with Crippen LogP contribution >= 0.6 is 0 Å². The summed E-state index contributed by atoms with van der Waals surface area (Å²) < 4.78 is 53.7. The molecule has 0 radical (unpaired) electrons. The van der Waals surface area contributed by atoms with E-state index in [1.165, 1.54) is 14.0 Å². The first-order chi connectivity index (χ1) is 37.2. The topological polar surface area (TPSA) is 294 Å². The van der Waals surface area contributed by atoms with Gasteiger partial charge in [-0.05, 0) is 126 Å². The molecule has 2 aromatic heterocycles. The van der Waals surface area contributed by atoms with Crippen LogP contribution < -0.4 is 11.1 Å². The SMILES string of the molecule is CC[C@H]1OC(=O)[C@H](C)[C@@H](O[C@H]2C[C@@](C)(OC)[C@@H](O)[C@H](C)O2)[C@H](C)[C@H]2O[C@@H]3O[C@H](C)CC(N(C)C)[C@H]3OC(=O)CCCC(=O)OC[C@@H]3C=C([C@@H](CN(C)[C@H](C)[C@@H](O)[C@]1(C)O)C[C@@]2(C)O)[C@H](n1cnc2c(NC4CC4)nc(N)nc21)C3. The molecule has 4 bridgehead atoms. The van der Waals surface area contributed by atoms with E-state index in [0.717, 1.165) is 18.4 Å². The van der Waals surface area contributed by atoms with Crippen LogP contribution in [0.5, 0.6) is 0 Å². The number of carbonyl (C=O) groups excluding carboxylic acids is 3. The predicted molar refractivity (Wildman–Crippen MR) is 289 cm³/mol. The molecule has 3 saturated heterocycles. The highest BCUT2D eigenvalue weighted by molar-refractivity contribution is 5.84. The average Bonchev–Trinajstić information content (AvgIpc) is 4.05. The van der Waals surface area contributed by atoms with E-state index < -0.39 is 132 Å². The second-order valence-electron chi connectivity index (χ2n) is 24.6. The van der Waals surface area contributed by atoms with Gasteiger partial charge in [0.2, 0.25) is 5.95 Å². The van der Waals surface area contributed by atoms with Crippen LogP contribution in [-0.4, -0.2) is 205 Å². The van der Waals surface area contributed by atoms with E-state index in [-0.39, 0.29) is 69.6 Å². The smallest absolute Gasteiger partial charge is 0.311 e. The van der Waals surface area contributed by atoms with Gasteiger partial charge in [-0.15, -0.1) is 0 Å². The van der Waals surface area contributed by atoms with Crippen LogP contribution in [0.2, 0.25) is 0 Å². The summed E-state index contributed by atoms with van der Waals surface area (Å²) in [5.74, 6) is -4.33. The van der Waals surface area contributed by atoms with Crippen LogP contribution in [0.15, 0.2) is 18.0 Å². The molecular formula is C56H90N8O15. The van der Waals surface area contributed by atoms with Crippen LogP contribution in [-0.2, 0) is 52.3 Å². The lowest BCUT2D eigenvalue weighted by molar-refractivity contribution is -0.319. The second kappa shape index (κ2) is 24.4. The largest absolute Gasteiger partial charge is 0.465 e. The molecule has 0 aromatic carbocycles. The van der Waals surface area contributed by atoms with Crippen molar-refractivity contribution in [3.05, 3.63) is 18.0 Å². The Balaban J connectivity index is 1.33. The highest BCUT2D eigenvalue weighted by atomic mass is 16.7. The van der Waals surface area contributed by atoms with Gasteiger partial charge in [0, 0.05) is 56.8 Å². The lowest BCUT2D eigenvalue weighted by atomic mass is 9.75. The quantitative estimate of drug-likeness (QED) is 0.125. The van der Waals surface area contributed by atoms with Crippen molar-refractivity contribution in [1.82, 2.24) is 29.3 Å². The number of aliphatic hydroxyl groups excluding tert-OH is 2. The van der Waals surface area contributed by atoms with Crippen molar-refractivity contribution < 1.29 is 72.7 Å². The van der Waals surface area contributed by atoms with Crippen LogP contribution in [0, 0.1) is 23.7 Å². The number of methoxy groups -OCH3 is 1. The van der Waals surface area contributed by atoms with Crippen LogP contribution in [0.3, 0.4) is 0 Å². The normalized spacial score (nSPS) is 42.0. The molecule has 23 nitrogen and oxygen atoms in total.